The lowest BCUT2D eigenvalue weighted by Gasteiger charge is -2.22. The largest absolute Gasteiger partial charge is 0.456 e. The maximum atomic E-state index is 12.5. The number of hydrogen-bond donors (Lipinski definition) is 0. The van der Waals surface area contributed by atoms with Crippen molar-refractivity contribution in [3.8, 4) is 0 Å². The Kier molecular flexibility index (Phi) is 5.62. The Labute approximate surface area is 127 Å². The van der Waals surface area contributed by atoms with Gasteiger partial charge in [0.1, 0.15) is 5.76 Å². The van der Waals surface area contributed by atoms with E-state index < -0.39 is 0 Å². The number of rotatable bonds is 6. The van der Waals surface area contributed by atoms with E-state index in [2.05, 4.69) is 31.7 Å². The number of amides is 1. The maximum Gasteiger partial charge on any atom is 0.289 e. The molecule has 1 aromatic rings. The lowest BCUT2D eigenvalue weighted by Crippen LogP contribution is -2.33. The summed E-state index contributed by atoms with van der Waals surface area (Å²) >= 11 is 0. The van der Waals surface area contributed by atoms with Crippen LogP contribution in [-0.4, -0.2) is 41.9 Å². The topological polar surface area (TPSA) is 36.7 Å². The van der Waals surface area contributed by atoms with E-state index in [-0.39, 0.29) is 5.91 Å². The minimum absolute atomic E-state index is 0.0137. The van der Waals surface area contributed by atoms with E-state index in [1.807, 2.05) is 17.0 Å². The van der Waals surface area contributed by atoms with E-state index in [1.54, 1.807) is 0 Å². The molecular formula is C17H26N2O2. The van der Waals surface area contributed by atoms with Gasteiger partial charge in [-0.25, -0.2) is 0 Å². The quantitative estimate of drug-likeness (QED) is 0.755. The summed E-state index contributed by atoms with van der Waals surface area (Å²) in [7, 11) is 0. The van der Waals surface area contributed by atoms with Gasteiger partial charge < -0.3 is 9.32 Å². The molecule has 2 rings (SSSR count). The lowest BCUT2D eigenvalue weighted by molar-refractivity contribution is 0.0737. The Morgan fingerprint density at radius 3 is 2.62 bits per heavy atom. The van der Waals surface area contributed by atoms with Gasteiger partial charge in [-0.1, -0.05) is 32.9 Å². The van der Waals surface area contributed by atoms with Crippen molar-refractivity contribution in [2.45, 2.75) is 40.2 Å². The average molecular weight is 290 g/mol. The number of hydrogen-bond acceptors (Lipinski definition) is 3. The van der Waals surface area contributed by atoms with Crippen LogP contribution in [0, 0.1) is 0 Å². The molecule has 2 heterocycles. The third-order valence-corrected chi connectivity index (χ3v) is 4.06. The molecule has 0 radical (unpaired) electrons. The second kappa shape index (κ2) is 7.46. The number of carbonyl (C=O) groups is 1. The summed E-state index contributed by atoms with van der Waals surface area (Å²) in [5.74, 6) is 1.45. The average Bonchev–Trinajstić information content (AvgIpc) is 2.95. The van der Waals surface area contributed by atoms with E-state index in [1.165, 1.54) is 0 Å². The molecule has 21 heavy (non-hydrogen) atoms. The predicted molar refractivity (Wildman–Crippen MR) is 84.4 cm³/mol. The van der Waals surface area contributed by atoms with Gasteiger partial charge in [-0.2, -0.15) is 0 Å². The van der Waals surface area contributed by atoms with Crippen LogP contribution in [0.25, 0.3) is 0 Å². The van der Waals surface area contributed by atoms with Crippen molar-refractivity contribution in [1.82, 2.24) is 9.80 Å². The summed E-state index contributed by atoms with van der Waals surface area (Å²) < 4.78 is 5.83. The van der Waals surface area contributed by atoms with Crippen molar-refractivity contribution >= 4 is 5.91 Å². The van der Waals surface area contributed by atoms with Crippen LogP contribution in [0.1, 0.15) is 49.1 Å². The zero-order valence-electron chi connectivity index (χ0n) is 13.4. The third kappa shape index (κ3) is 3.76. The highest BCUT2D eigenvalue weighted by Gasteiger charge is 2.22. The molecule has 0 fully saturated rings. The minimum Gasteiger partial charge on any atom is -0.456 e. The van der Waals surface area contributed by atoms with Crippen LogP contribution in [0.3, 0.4) is 0 Å². The van der Waals surface area contributed by atoms with E-state index in [0.717, 1.165) is 50.3 Å². The molecule has 1 aliphatic rings. The third-order valence-electron chi connectivity index (χ3n) is 4.06. The van der Waals surface area contributed by atoms with Gasteiger partial charge in [-0.05, 0) is 25.6 Å². The molecule has 4 heteroatoms. The molecule has 0 aliphatic carbocycles. The first kappa shape index (κ1) is 15.8. The molecule has 116 valence electrons. The molecule has 1 amide bonds. The predicted octanol–water partition coefficient (Wildman–Crippen LogP) is 3.09. The van der Waals surface area contributed by atoms with Crippen molar-refractivity contribution in [3.05, 3.63) is 35.3 Å². The van der Waals surface area contributed by atoms with Crippen LogP contribution >= 0.6 is 0 Å². The van der Waals surface area contributed by atoms with Crippen LogP contribution < -0.4 is 0 Å². The maximum absolute atomic E-state index is 12.5. The van der Waals surface area contributed by atoms with Gasteiger partial charge in [0.15, 0.2) is 5.76 Å². The van der Waals surface area contributed by atoms with Gasteiger partial charge in [-0.15, -0.1) is 0 Å². The monoisotopic (exact) mass is 290 g/mol. The van der Waals surface area contributed by atoms with Crippen molar-refractivity contribution in [2.75, 3.05) is 26.2 Å². The molecule has 1 aliphatic heterocycles. The van der Waals surface area contributed by atoms with Crippen LogP contribution in [0.2, 0.25) is 0 Å². The Morgan fingerprint density at radius 1 is 1.29 bits per heavy atom. The fraction of sp³-hybridized carbons (Fsp3) is 0.588. The van der Waals surface area contributed by atoms with Gasteiger partial charge in [0.05, 0.1) is 0 Å². The zero-order valence-corrected chi connectivity index (χ0v) is 13.4. The van der Waals surface area contributed by atoms with Gasteiger partial charge in [0, 0.05) is 31.6 Å². The molecule has 0 saturated carbocycles. The number of carbonyl (C=O) groups excluding carboxylic acids is 1. The molecule has 0 saturated heterocycles. The van der Waals surface area contributed by atoms with Gasteiger partial charge in [0.25, 0.3) is 5.91 Å². The first-order valence-electron chi connectivity index (χ1n) is 7.97. The summed E-state index contributed by atoms with van der Waals surface area (Å²) in [6.45, 7) is 10.7. The van der Waals surface area contributed by atoms with Gasteiger partial charge in [0.2, 0.25) is 0 Å². The summed E-state index contributed by atoms with van der Waals surface area (Å²) in [5.41, 5.74) is 1.15. The Morgan fingerprint density at radius 2 is 2.05 bits per heavy atom. The van der Waals surface area contributed by atoms with Crippen LogP contribution in [0.15, 0.2) is 22.6 Å². The standard InChI is InChI=1S/C17H26N2O2/c1-4-15-14(13-18(5-2)6-3)12-16(21-15)17(20)19-10-8-7-9-11-19/h7-8,12H,4-6,9-11,13H2,1-3H3. The highest BCUT2D eigenvalue weighted by atomic mass is 16.4. The molecule has 0 unspecified atom stereocenters. The molecule has 0 spiro atoms. The molecule has 0 N–H and O–H groups in total. The molecular weight excluding hydrogens is 264 g/mol. The highest BCUT2D eigenvalue weighted by molar-refractivity contribution is 5.92. The minimum atomic E-state index is 0.0137. The van der Waals surface area contributed by atoms with Crippen molar-refractivity contribution in [2.24, 2.45) is 0 Å². The van der Waals surface area contributed by atoms with E-state index in [9.17, 15) is 4.79 Å². The van der Waals surface area contributed by atoms with Crippen LogP contribution in [0.5, 0.6) is 0 Å². The lowest BCUT2D eigenvalue weighted by atomic mass is 10.2. The van der Waals surface area contributed by atoms with Crippen LogP contribution in [0.4, 0.5) is 0 Å². The Balaban J connectivity index is 2.15. The normalized spacial score (nSPS) is 15.0. The first-order valence-corrected chi connectivity index (χ1v) is 7.97. The molecule has 4 nitrogen and oxygen atoms in total. The summed E-state index contributed by atoms with van der Waals surface area (Å²) in [6.07, 6.45) is 5.92. The van der Waals surface area contributed by atoms with E-state index >= 15 is 0 Å². The molecule has 1 aromatic heterocycles. The van der Waals surface area contributed by atoms with Crippen LogP contribution in [-0.2, 0) is 13.0 Å². The fourth-order valence-electron chi connectivity index (χ4n) is 2.67. The number of furan rings is 1. The summed E-state index contributed by atoms with van der Waals surface area (Å²) in [5, 5.41) is 0. The Bertz CT molecular complexity index is 501. The number of aryl methyl sites for hydroxylation is 1. The second-order valence-electron chi connectivity index (χ2n) is 5.39. The SMILES string of the molecule is CCc1oc(C(=O)N2CC=CCC2)cc1CN(CC)CC. The molecule has 0 atom stereocenters. The van der Waals surface area contributed by atoms with Gasteiger partial charge >= 0.3 is 0 Å². The smallest absolute Gasteiger partial charge is 0.289 e. The molecule has 0 bridgehead atoms. The van der Waals surface area contributed by atoms with Gasteiger partial charge in [-0.3, -0.25) is 9.69 Å². The van der Waals surface area contributed by atoms with Crippen molar-refractivity contribution < 1.29 is 9.21 Å². The fourth-order valence-corrected chi connectivity index (χ4v) is 2.67. The van der Waals surface area contributed by atoms with Crippen molar-refractivity contribution in [1.29, 1.82) is 0 Å². The molecule has 0 aromatic carbocycles. The van der Waals surface area contributed by atoms with E-state index in [0.29, 0.717) is 12.3 Å². The summed E-state index contributed by atoms with van der Waals surface area (Å²) in [6, 6.07) is 1.94. The number of nitrogens with zero attached hydrogens (tertiary/aromatic N) is 2. The van der Waals surface area contributed by atoms with E-state index in [4.69, 9.17) is 4.42 Å². The first-order chi connectivity index (χ1) is 10.2. The highest BCUT2D eigenvalue weighted by Crippen LogP contribution is 2.20. The summed E-state index contributed by atoms with van der Waals surface area (Å²) in [4.78, 5) is 16.7. The second-order valence-corrected chi connectivity index (χ2v) is 5.39. The Hall–Kier alpha value is -1.55. The van der Waals surface area contributed by atoms with Crippen molar-refractivity contribution in [3.63, 3.8) is 0 Å². The zero-order chi connectivity index (χ0) is 15.2.